The first-order chi connectivity index (χ1) is 9.54. The van der Waals surface area contributed by atoms with Crippen molar-refractivity contribution in [3.63, 3.8) is 0 Å². The Morgan fingerprint density at radius 3 is 2.75 bits per heavy atom. The number of carboxylic acid groups (broad SMARTS) is 1. The SMILES string of the molecule is COC(=O)CN(C)c1nccc2cccc(C(=O)O)c12. The van der Waals surface area contributed by atoms with Crippen LogP contribution in [0.1, 0.15) is 10.4 Å². The molecule has 6 nitrogen and oxygen atoms in total. The van der Waals surface area contributed by atoms with Gasteiger partial charge >= 0.3 is 11.9 Å². The second-order valence-corrected chi connectivity index (χ2v) is 4.28. The van der Waals surface area contributed by atoms with Crippen molar-refractivity contribution in [1.29, 1.82) is 0 Å². The maximum absolute atomic E-state index is 11.3. The number of benzene rings is 1. The Labute approximate surface area is 115 Å². The summed E-state index contributed by atoms with van der Waals surface area (Å²) in [5, 5.41) is 10.5. The Bertz CT molecular complexity index is 664. The molecule has 104 valence electrons. The maximum Gasteiger partial charge on any atom is 0.336 e. The second kappa shape index (κ2) is 5.56. The number of fused-ring (bicyclic) bond motifs is 1. The highest BCUT2D eigenvalue weighted by Crippen LogP contribution is 2.27. The second-order valence-electron chi connectivity index (χ2n) is 4.28. The van der Waals surface area contributed by atoms with Crippen LogP contribution in [-0.2, 0) is 9.53 Å². The van der Waals surface area contributed by atoms with Gasteiger partial charge in [0.1, 0.15) is 12.4 Å². The van der Waals surface area contributed by atoms with Crippen molar-refractivity contribution in [3.05, 3.63) is 36.0 Å². The molecule has 0 aliphatic rings. The molecule has 6 heteroatoms. The molecule has 1 aromatic carbocycles. The van der Waals surface area contributed by atoms with Crippen molar-refractivity contribution in [2.45, 2.75) is 0 Å². The minimum absolute atomic E-state index is 0.00341. The van der Waals surface area contributed by atoms with E-state index >= 15 is 0 Å². The van der Waals surface area contributed by atoms with Gasteiger partial charge in [-0.1, -0.05) is 12.1 Å². The fourth-order valence-electron chi connectivity index (χ4n) is 2.01. The van der Waals surface area contributed by atoms with E-state index in [1.807, 2.05) is 0 Å². The largest absolute Gasteiger partial charge is 0.478 e. The summed E-state index contributed by atoms with van der Waals surface area (Å²) < 4.78 is 4.61. The Morgan fingerprint density at radius 1 is 1.35 bits per heavy atom. The smallest absolute Gasteiger partial charge is 0.336 e. The molecule has 20 heavy (non-hydrogen) atoms. The number of carboxylic acids is 1. The number of hydrogen-bond donors (Lipinski definition) is 1. The molecular weight excluding hydrogens is 260 g/mol. The van der Waals surface area contributed by atoms with E-state index in [1.165, 1.54) is 13.2 Å². The van der Waals surface area contributed by atoms with Gasteiger partial charge in [-0.3, -0.25) is 4.79 Å². The van der Waals surface area contributed by atoms with Gasteiger partial charge in [0.25, 0.3) is 0 Å². The lowest BCUT2D eigenvalue weighted by molar-refractivity contribution is -0.138. The zero-order valence-electron chi connectivity index (χ0n) is 11.2. The molecule has 2 aromatic rings. The normalized spacial score (nSPS) is 10.3. The average molecular weight is 274 g/mol. The molecule has 0 aliphatic heterocycles. The highest BCUT2D eigenvalue weighted by molar-refractivity contribution is 6.08. The third-order valence-electron chi connectivity index (χ3n) is 2.96. The molecule has 1 N–H and O–H groups in total. The number of pyridine rings is 1. The first-order valence-electron chi connectivity index (χ1n) is 5.93. The van der Waals surface area contributed by atoms with E-state index < -0.39 is 11.9 Å². The Hall–Kier alpha value is -2.63. The number of carbonyl (C=O) groups is 2. The van der Waals surface area contributed by atoms with Crippen molar-refractivity contribution >= 4 is 28.5 Å². The van der Waals surface area contributed by atoms with Crippen LogP contribution in [0.25, 0.3) is 10.8 Å². The van der Waals surface area contributed by atoms with Crippen molar-refractivity contribution in [3.8, 4) is 0 Å². The standard InChI is InChI=1S/C14H14N2O4/c1-16(8-11(17)20-2)13-12-9(6-7-15-13)4-3-5-10(12)14(18)19/h3-7H,8H2,1-2H3,(H,18,19). The molecule has 0 saturated carbocycles. The van der Waals surface area contributed by atoms with Gasteiger partial charge in [0, 0.05) is 18.6 Å². The summed E-state index contributed by atoms with van der Waals surface area (Å²) in [6.07, 6.45) is 1.58. The van der Waals surface area contributed by atoms with E-state index in [9.17, 15) is 14.7 Å². The number of hydrogen-bond acceptors (Lipinski definition) is 5. The Kier molecular flexibility index (Phi) is 3.84. The molecule has 2 rings (SSSR count). The van der Waals surface area contributed by atoms with Gasteiger partial charge in [0.2, 0.25) is 0 Å². The van der Waals surface area contributed by atoms with Crippen molar-refractivity contribution in [2.75, 3.05) is 25.6 Å². The number of nitrogens with zero attached hydrogens (tertiary/aromatic N) is 2. The van der Waals surface area contributed by atoms with E-state index in [1.54, 1.807) is 36.3 Å². The van der Waals surface area contributed by atoms with Crippen LogP contribution >= 0.6 is 0 Å². The molecule has 0 fully saturated rings. The maximum atomic E-state index is 11.3. The molecule has 0 atom stereocenters. The van der Waals surface area contributed by atoms with Crippen LogP contribution in [0.15, 0.2) is 30.5 Å². The molecule has 0 spiro atoms. The summed E-state index contributed by atoms with van der Waals surface area (Å²) >= 11 is 0. The summed E-state index contributed by atoms with van der Waals surface area (Å²) in [5.41, 5.74) is 0.155. The van der Waals surface area contributed by atoms with E-state index in [2.05, 4.69) is 9.72 Å². The number of rotatable bonds is 4. The zero-order valence-corrected chi connectivity index (χ0v) is 11.2. The summed E-state index contributed by atoms with van der Waals surface area (Å²) in [5.74, 6) is -1.01. The van der Waals surface area contributed by atoms with E-state index in [4.69, 9.17) is 0 Å². The number of likely N-dealkylation sites (N-methyl/N-ethyl adjacent to an activating group) is 1. The quantitative estimate of drug-likeness (QED) is 0.852. The zero-order chi connectivity index (χ0) is 14.7. The number of anilines is 1. The number of methoxy groups -OCH3 is 1. The molecule has 0 bridgehead atoms. The van der Waals surface area contributed by atoms with E-state index in [-0.39, 0.29) is 12.1 Å². The fourth-order valence-corrected chi connectivity index (χ4v) is 2.01. The van der Waals surface area contributed by atoms with Gasteiger partial charge in [-0.05, 0) is 17.5 Å². The molecule has 0 radical (unpaired) electrons. The molecular formula is C14H14N2O4. The molecule has 0 aliphatic carbocycles. The van der Waals surface area contributed by atoms with Gasteiger partial charge < -0.3 is 14.7 Å². The van der Waals surface area contributed by atoms with Gasteiger partial charge in [0.05, 0.1) is 12.7 Å². The van der Waals surface area contributed by atoms with Crippen LogP contribution in [-0.4, -0.2) is 42.7 Å². The minimum atomic E-state index is -1.03. The van der Waals surface area contributed by atoms with Gasteiger partial charge in [-0.15, -0.1) is 0 Å². The van der Waals surface area contributed by atoms with Crippen LogP contribution < -0.4 is 4.90 Å². The van der Waals surface area contributed by atoms with Gasteiger partial charge in [-0.2, -0.15) is 0 Å². The first kappa shape index (κ1) is 13.8. The van der Waals surface area contributed by atoms with Crippen LogP contribution in [0.5, 0.6) is 0 Å². The minimum Gasteiger partial charge on any atom is -0.478 e. The lowest BCUT2D eigenvalue weighted by Crippen LogP contribution is -2.27. The number of carbonyl (C=O) groups excluding carboxylic acids is 1. The van der Waals surface area contributed by atoms with Gasteiger partial charge in [0.15, 0.2) is 0 Å². The average Bonchev–Trinajstić information content (AvgIpc) is 2.45. The summed E-state index contributed by atoms with van der Waals surface area (Å²) in [6, 6.07) is 6.73. The lowest BCUT2D eigenvalue weighted by Gasteiger charge is -2.19. The highest BCUT2D eigenvalue weighted by Gasteiger charge is 2.17. The van der Waals surface area contributed by atoms with Crippen LogP contribution in [0.2, 0.25) is 0 Å². The molecule has 0 saturated heterocycles. The van der Waals surface area contributed by atoms with Crippen LogP contribution in [0, 0.1) is 0 Å². The van der Waals surface area contributed by atoms with Crippen LogP contribution in [0.4, 0.5) is 5.82 Å². The van der Waals surface area contributed by atoms with Crippen molar-refractivity contribution in [1.82, 2.24) is 4.98 Å². The fraction of sp³-hybridized carbons (Fsp3) is 0.214. The Balaban J connectivity index is 2.58. The Morgan fingerprint density at radius 2 is 2.10 bits per heavy atom. The number of aromatic nitrogens is 1. The monoisotopic (exact) mass is 274 g/mol. The molecule has 1 aromatic heterocycles. The van der Waals surface area contributed by atoms with Crippen LogP contribution in [0.3, 0.4) is 0 Å². The third-order valence-corrected chi connectivity index (χ3v) is 2.96. The summed E-state index contributed by atoms with van der Waals surface area (Å²) in [4.78, 5) is 28.4. The number of esters is 1. The molecule has 0 amide bonds. The molecule has 0 unspecified atom stereocenters. The van der Waals surface area contributed by atoms with E-state index in [0.29, 0.717) is 11.2 Å². The highest BCUT2D eigenvalue weighted by atomic mass is 16.5. The van der Waals surface area contributed by atoms with Gasteiger partial charge in [-0.25, -0.2) is 9.78 Å². The molecule has 1 heterocycles. The summed E-state index contributed by atoms with van der Waals surface area (Å²) in [7, 11) is 2.96. The number of aromatic carboxylic acids is 1. The predicted octanol–water partition coefficient (Wildman–Crippen LogP) is 1.54. The van der Waals surface area contributed by atoms with Crippen molar-refractivity contribution in [2.24, 2.45) is 0 Å². The summed E-state index contributed by atoms with van der Waals surface area (Å²) in [6.45, 7) is -0.00341. The third kappa shape index (κ3) is 2.54. The topological polar surface area (TPSA) is 79.7 Å². The first-order valence-corrected chi connectivity index (χ1v) is 5.93. The van der Waals surface area contributed by atoms with Crippen molar-refractivity contribution < 1.29 is 19.4 Å². The van der Waals surface area contributed by atoms with E-state index in [0.717, 1.165) is 5.39 Å². The lowest BCUT2D eigenvalue weighted by atomic mass is 10.1. The number of ether oxygens (including phenoxy) is 1. The predicted molar refractivity (Wildman–Crippen MR) is 74.0 cm³/mol.